The Bertz CT molecular complexity index is 362. The maximum absolute atomic E-state index is 12.0. The Hall–Kier alpha value is -1.04. The Morgan fingerprint density at radius 3 is 3.00 bits per heavy atom. The molecule has 2 heterocycles. The van der Waals surface area contributed by atoms with Gasteiger partial charge in [0.05, 0.1) is 11.4 Å². The molecule has 80 valence electrons. The zero-order valence-electron chi connectivity index (χ0n) is 8.22. The van der Waals surface area contributed by atoms with E-state index in [1.807, 2.05) is 4.90 Å². The molecular formula is C9H12N4OS. The number of hydrogen-bond acceptors (Lipinski definition) is 4. The average molecular weight is 224 g/mol. The molecule has 2 fully saturated rings. The highest BCUT2D eigenvalue weighted by Crippen LogP contribution is 2.35. The first-order chi connectivity index (χ1) is 7.34. The van der Waals surface area contributed by atoms with E-state index in [2.05, 4.69) is 15.4 Å². The van der Waals surface area contributed by atoms with Gasteiger partial charge in [0.1, 0.15) is 5.03 Å². The van der Waals surface area contributed by atoms with Gasteiger partial charge < -0.3 is 4.90 Å². The Morgan fingerprint density at radius 2 is 2.33 bits per heavy atom. The van der Waals surface area contributed by atoms with Crippen LogP contribution in [0.15, 0.2) is 11.2 Å². The minimum atomic E-state index is 0.0516. The second-order valence-electron chi connectivity index (χ2n) is 3.97. The van der Waals surface area contributed by atoms with Crippen LogP contribution in [0.2, 0.25) is 0 Å². The van der Waals surface area contributed by atoms with E-state index in [4.69, 9.17) is 0 Å². The van der Waals surface area contributed by atoms with Gasteiger partial charge >= 0.3 is 0 Å². The first-order valence-electron chi connectivity index (χ1n) is 5.17. The number of carbonyl (C=O) groups is 1. The van der Waals surface area contributed by atoms with Crippen LogP contribution < -0.4 is 0 Å². The minimum absolute atomic E-state index is 0.0516. The molecule has 1 unspecified atom stereocenters. The van der Waals surface area contributed by atoms with Gasteiger partial charge in [-0.2, -0.15) is 10.3 Å². The standard InChI is InChI=1S/C9H12N4OS/c14-9-7(15-8-5-10-12-11-8)3-4-13(9)6-1-2-6/h5-7H,1-4H2,(H,10,11,12). The van der Waals surface area contributed by atoms with Crippen LogP contribution in [0.3, 0.4) is 0 Å². The van der Waals surface area contributed by atoms with Gasteiger partial charge in [-0.3, -0.25) is 4.79 Å². The molecule has 1 aromatic rings. The van der Waals surface area contributed by atoms with E-state index in [9.17, 15) is 4.79 Å². The van der Waals surface area contributed by atoms with E-state index in [1.54, 1.807) is 6.20 Å². The summed E-state index contributed by atoms with van der Waals surface area (Å²) >= 11 is 1.52. The van der Waals surface area contributed by atoms with Crippen LogP contribution in [-0.2, 0) is 4.79 Å². The summed E-state index contributed by atoms with van der Waals surface area (Å²) in [4.78, 5) is 14.0. The number of aromatic amines is 1. The summed E-state index contributed by atoms with van der Waals surface area (Å²) in [6, 6.07) is 0.542. The zero-order chi connectivity index (χ0) is 10.3. The summed E-state index contributed by atoms with van der Waals surface area (Å²) in [5.41, 5.74) is 0. The van der Waals surface area contributed by atoms with Crippen LogP contribution in [0.5, 0.6) is 0 Å². The first-order valence-corrected chi connectivity index (χ1v) is 6.05. The summed E-state index contributed by atoms with van der Waals surface area (Å²) in [7, 11) is 0. The van der Waals surface area contributed by atoms with E-state index in [-0.39, 0.29) is 11.2 Å². The number of rotatable bonds is 3. The molecule has 1 N–H and O–H groups in total. The number of amides is 1. The summed E-state index contributed by atoms with van der Waals surface area (Å²) in [6.07, 6.45) is 4.98. The molecule has 3 rings (SSSR count). The van der Waals surface area contributed by atoms with Crippen molar-refractivity contribution in [3.05, 3.63) is 6.20 Å². The van der Waals surface area contributed by atoms with Crippen LogP contribution in [0.25, 0.3) is 0 Å². The highest BCUT2D eigenvalue weighted by Gasteiger charge is 2.40. The third-order valence-corrected chi connectivity index (χ3v) is 3.99. The van der Waals surface area contributed by atoms with Crippen molar-refractivity contribution in [3.8, 4) is 0 Å². The number of carbonyl (C=O) groups excluding carboxylic acids is 1. The number of nitrogens with one attached hydrogen (secondary N) is 1. The zero-order valence-corrected chi connectivity index (χ0v) is 9.04. The number of thioether (sulfide) groups is 1. The van der Waals surface area contributed by atoms with Gasteiger partial charge in [-0.15, -0.1) is 5.10 Å². The van der Waals surface area contributed by atoms with E-state index < -0.39 is 0 Å². The number of aromatic nitrogens is 3. The Morgan fingerprint density at radius 1 is 1.47 bits per heavy atom. The fourth-order valence-corrected chi connectivity index (χ4v) is 2.88. The molecule has 1 atom stereocenters. The van der Waals surface area contributed by atoms with Crippen molar-refractivity contribution in [3.63, 3.8) is 0 Å². The lowest BCUT2D eigenvalue weighted by molar-refractivity contribution is -0.127. The number of likely N-dealkylation sites (tertiary alicyclic amines) is 1. The molecule has 6 heteroatoms. The first kappa shape index (κ1) is 9.21. The SMILES string of the molecule is O=C1C(Sc2cn[nH]n2)CCN1C1CC1. The summed E-state index contributed by atoms with van der Waals surface area (Å²) < 4.78 is 0. The number of nitrogens with zero attached hydrogens (tertiary/aromatic N) is 3. The highest BCUT2D eigenvalue weighted by atomic mass is 32.2. The average Bonchev–Trinajstić information content (AvgIpc) is 2.83. The quantitative estimate of drug-likeness (QED) is 0.819. The normalized spacial score (nSPS) is 26.3. The molecule has 5 nitrogen and oxygen atoms in total. The van der Waals surface area contributed by atoms with Crippen molar-refractivity contribution < 1.29 is 4.79 Å². The molecule has 0 bridgehead atoms. The monoisotopic (exact) mass is 224 g/mol. The minimum Gasteiger partial charge on any atom is -0.339 e. The molecular weight excluding hydrogens is 212 g/mol. The van der Waals surface area contributed by atoms with Gasteiger partial charge in [-0.1, -0.05) is 11.8 Å². The molecule has 15 heavy (non-hydrogen) atoms. The highest BCUT2D eigenvalue weighted by molar-refractivity contribution is 8.00. The van der Waals surface area contributed by atoms with E-state index >= 15 is 0 Å². The molecule has 0 aromatic carbocycles. The van der Waals surface area contributed by atoms with E-state index in [0.717, 1.165) is 18.0 Å². The number of H-pyrrole nitrogens is 1. The topological polar surface area (TPSA) is 61.9 Å². The fourth-order valence-electron chi connectivity index (χ4n) is 1.93. The van der Waals surface area contributed by atoms with Gasteiger partial charge in [-0.25, -0.2) is 0 Å². The lowest BCUT2D eigenvalue weighted by atomic mass is 10.4. The van der Waals surface area contributed by atoms with Crippen molar-refractivity contribution in [2.24, 2.45) is 0 Å². The maximum Gasteiger partial charge on any atom is 0.236 e. The van der Waals surface area contributed by atoms with Gasteiger partial charge in [0, 0.05) is 12.6 Å². The van der Waals surface area contributed by atoms with Crippen molar-refractivity contribution in [2.45, 2.75) is 35.6 Å². The van der Waals surface area contributed by atoms with Crippen LogP contribution in [0.4, 0.5) is 0 Å². The molecule has 1 aliphatic heterocycles. The lowest BCUT2D eigenvalue weighted by Crippen LogP contribution is -2.30. The van der Waals surface area contributed by atoms with Gasteiger partial charge in [0.25, 0.3) is 0 Å². The Kier molecular flexibility index (Phi) is 2.16. The van der Waals surface area contributed by atoms with Crippen molar-refractivity contribution in [2.75, 3.05) is 6.54 Å². The second-order valence-corrected chi connectivity index (χ2v) is 5.19. The Labute approximate surface area is 91.6 Å². The van der Waals surface area contributed by atoms with Gasteiger partial charge in [0.2, 0.25) is 5.91 Å². The second kappa shape index (κ2) is 3.52. The van der Waals surface area contributed by atoms with Crippen molar-refractivity contribution >= 4 is 17.7 Å². The smallest absolute Gasteiger partial charge is 0.236 e. The van der Waals surface area contributed by atoms with E-state index in [1.165, 1.54) is 24.6 Å². The molecule has 1 aliphatic carbocycles. The van der Waals surface area contributed by atoms with Crippen molar-refractivity contribution in [1.29, 1.82) is 0 Å². The van der Waals surface area contributed by atoms with Gasteiger partial charge in [-0.05, 0) is 19.3 Å². The van der Waals surface area contributed by atoms with Gasteiger partial charge in [0.15, 0.2) is 0 Å². The predicted molar refractivity (Wildman–Crippen MR) is 55.4 cm³/mol. The fraction of sp³-hybridized carbons (Fsp3) is 0.667. The molecule has 1 saturated heterocycles. The summed E-state index contributed by atoms with van der Waals surface area (Å²) in [5, 5.41) is 11.1. The van der Waals surface area contributed by atoms with Crippen LogP contribution in [0, 0.1) is 0 Å². The number of hydrogen-bond donors (Lipinski definition) is 1. The largest absolute Gasteiger partial charge is 0.339 e. The van der Waals surface area contributed by atoms with Crippen LogP contribution in [-0.4, -0.2) is 44.1 Å². The molecule has 2 aliphatic rings. The summed E-state index contributed by atoms with van der Waals surface area (Å²) in [5.74, 6) is 0.283. The molecule has 1 saturated carbocycles. The lowest BCUT2D eigenvalue weighted by Gasteiger charge is -2.14. The molecule has 0 spiro atoms. The molecule has 0 radical (unpaired) electrons. The maximum atomic E-state index is 12.0. The van der Waals surface area contributed by atoms with Crippen LogP contribution >= 0.6 is 11.8 Å². The van der Waals surface area contributed by atoms with Crippen LogP contribution in [0.1, 0.15) is 19.3 Å². The molecule has 1 amide bonds. The Balaban J connectivity index is 1.65. The summed E-state index contributed by atoms with van der Waals surface area (Å²) in [6.45, 7) is 0.916. The van der Waals surface area contributed by atoms with Crippen molar-refractivity contribution in [1.82, 2.24) is 20.3 Å². The third kappa shape index (κ3) is 1.73. The van der Waals surface area contributed by atoms with E-state index in [0.29, 0.717) is 6.04 Å². The third-order valence-electron chi connectivity index (χ3n) is 2.83. The molecule has 1 aromatic heterocycles. The predicted octanol–water partition coefficient (Wildman–Crippen LogP) is 0.660.